The second kappa shape index (κ2) is 4.87. The van der Waals surface area contributed by atoms with Crippen LogP contribution in [0.5, 0.6) is 11.5 Å². The van der Waals surface area contributed by atoms with Crippen molar-refractivity contribution in [1.29, 1.82) is 0 Å². The van der Waals surface area contributed by atoms with Gasteiger partial charge in [0, 0.05) is 25.2 Å². The van der Waals surface area contributed by atoms with E-state index in [1.165, 1.54) is 0 Å². The Kier molecular flexibility index (Phi) is 3.06. The van der Waals surface area contributed by atoms with Crippen LogP contribution in [0, 0.1) is 0 Å². The molecular formula is C13H17N3O3. The first-order valence-electron chi connectivity index (χ1n) is 6.49. The van der Waals surface area contributed by atoms with Crippen molar-refractivity contribution in [2.24, 2.45) is 0 Å². The number of nitrogens with zero attached hydrogens (tertiary/aromatic N) is 1. The minimum atomic E-state index is -0.110. The van der Waals surface area contributed by atoms with Crippen LogP contribution in [0.25, 0.3) is 0 Å². The van der Waals surface area contributed by atoms with Crippen molar-refractivity contribution in [2.75, 3.05) is 37.4 Å². The maximum atomic E-state index is 12.0. The van der Waals surface area contributed by atoms with Crippen LogP contribution in [0.4, 0.5) is 16.2 Å². The Hall–Kier alpha value is -2.11. The van der Waals surface area contributed by atoms with E-state index in [-0.39, 0.29) is 6.03 Å². The number of ether oxygens (including phenoxy) is 2. The van der Waals surface area contributed by atoms with Gasteiger partial charge in [0.15, 0.2) is 11.5 Å². The Morgan fingerprint density at radius 2 is 1.79 bits per heavy atom. The van der Waals surface area contributed by atoms with Crippen LogP contribution in [0.2, 0.25) is 0 Å². The number of likely N-dealkylation sites (tertiary alicyclic amines) is 1. The van der Waals surface area contributed by atoms with Gasteiger partial charge < -0.3 is 25.4 Å². The molecule has 102 valence electrons. The summed E-state index contributed by atoms with van der Waals surface area (Å²) >= 11 is 0. The Labute approximate surface area is 111 Å². The molecule has 0 aliphatic carbocycles. The lowest BCUT2D eigenvalue weighted by atomic mass is 10.2. The van der Waals surface area contributed by atoms with Crippen molar-refractivity contribution < 1.29 is 14.3 Å². The number of benzene rings is 1. The first-order valence-corrected chi connectivity index (χ1v) is 6.49. The molecule has 2 aliphatic rings. The number of anilines is 2. The molecule has 0 radical (unpaired) electrons. The average molecular weight is 263 g/mol. The van der Waals surface area contributed by atoms with E-state index in [0.717, 1.165) is 25.9 Å². The van der Waals surface area contributed by atoms with E-state index in [4.69, 9.17) is 15.2 Å². The summed E-state index contributed by atoms with van der Waals surface area (Å²) in [5, 5.41) is 2.83. The summed E-state index contributed by atoms with van der Waals surface area (Å²) in [5.41, 5.74) is 6.98. The van der Waals surface area contributed by atoms with Crippen LogP contribution in [0.3, 0.4) is 0 Å². The van der Waals surface area contributed by atoms with Crippen LogP contribution in [-0.4, -0.2) is 37.2 Å². The maximum absolute atomic E-state index is 12.0. The van der Waals surface area contributed by atoms with Gasteiger partial charge in [-0.1, -0.05) is 0 Å². The molecule has 1 aromatic carbocycles. The molecule has 1 saturated heterocycles. The van der Waals surface area contributed by atoms with Gasteiger partial charge in [-0.25, -0.2) is 4.79 Å². The standard InChI is InChI=1S/C13H17N3O3/c14-9-7-11-12(19-6-5-18-11)8-10(9)15-13(17)16-3-1-2-4-16/h7-8H,1-6,14H2,(H,15,17). The van der Waals surface area contributed by atoms with E-state index in [2.05, 4.69) is 5.32 Å². The lowest BCUT2D eigenvalue weighted by molar-refractivity contribution is 0.172. The number of nitrogens with one attached hydrogen (secondary N) is 1. The van der Waals surface area contributed by atoms with E-state index >= 15 is 0 Å². The molecule has 3 rings (SSSR count). The first kappa shape index (κ1) is 12.0. The van der Waals surface area contributed by atoms with Crippen LogP contribution >= 0.6 is 0 Å². The summed E-state index contributed by atoms with van der Waals surface area (Å²) in [6, 6.07) is 3.30. The quantitative estimate of drug-likeness (QED) is 0.756. The van der Waals surface area contributed by atoms with Gasteiger partial charge in [-0.2, -0.15) is 0 Å². The van der Waals surface area contributed by atoms with Crippen molar-refractivity contribution in [1.82, 2.24) is 4.90 Å². The number of urea groups is 1. The Bertz CT molecular complexity index is 498. The van der Waals surface area contributed by atoms with Crippen molar-refractivity contribution in [3.63, 3.8) is 0 Å². The Balaban J connectivity index is 1.78. The lowest BCUT2D eigenvalue weighted by Crippen LogP contribution is -2.32. The Morgan fingerprint density at radius 3 is 2.47 bits per heavy atom. The van der Waals surface area contributed by atoms with Gasteiger partial charge in [-0.15, -0.1) is 0 Å². The molecule has 1 fully saturated rings. The highest BCUT2D eigenvalue weighted by Gasteiger charge is 2.20. The third-order valence-corrected chi connectivity index (χ3v) is 3.35. The predicted molar refractivity (Wildman–Crippen MR) is 71.7 cm³/mol. The highest BCUT2D eigenvalue weighted by Crippen LogP contribution is 2.37. The average Bonchev–Trinajstić information content (AvgIpc) is 2.93. The third-order valence-electron chi connectivity index (χ3n) is 3.35. The zero-order chi connectivity index (χ0) is 13.2. The number of amides is 2. The molecule has 0 atom stereocenters. The van der Waals surface area contributed by atoms with Gasteiger partial charge in [0.05, 0.1) is 11.4 Å². The number of rotatable bonds is 1. The molecule has 0 unspecified atom stereocenters. The number of carbonyl (C=O) groups is 1. The third kappa shape index (κ3) is 2.38. The van der Waals surface area contributed by atoms with E-state index in [0.29, 0.717) is 36.1 Å². The van der Waals surface area contributed by atoms with Crippen LogP contribution < -0.4 is 20.5 Å². The van der Waals surface area contributed by atoms with Gasteiger partial charge in [0.1, 0.15) is 13.2 Å². The second-order valence-corrected chi connectivity index (χ2v) is 4.71. The molecule has 0 saturated carbocycles. The fraction of sp³-hybridized carbons (Fsp3) is 0.462. The molecule has 19 heavy (non-hydrogen) atoms. The van der Waals surface area contributed by atoms with E-state index in [1.54, 1.807) is 17.0 Å². The zero-order valence-corrected chi connectivity index (χ0v) is 10.6. The number of nitrogen functional groups attached to an aromatic ring is 1. The smallest absolute Gasteiger partial charge is 0.321 e. The highest BCUT2D eigenvalue weighted by atomic mass is 16.6. The van der Waals surface area contributed by atoms with Crippen molar-refractivity contribution in [3.8, 4) is 11.5 Å². The van der Waals surface area contributed by atoms with Gasteiger partial charge in [0.25, 0.3) is 0 Å². The molecule has 2 heterocycles. The lowest BCUT2D eigenvalue weighted by Gasteiger charge is -2.21. The molecule has 3 N–H and O–H groups in total. The molecule has 0 bridgehead atoms. The minimum Gasteiger partial charge on any atom is -0.486 e. The number of fused-ring (bicyclic) bond motifs is 1. The molecule has 0 aromatic heterocycles. The number of carbonyl (C=O) groups excluding carboxylic acids is 1. The normalized spacial score (nSPS) is 17.4. The topological polar surface area (TPSA) is 76.8 Å². The van der Waals surface area contributed by atoms with Crippen molar-refractivity contribution in [3.05, 3.63) is 12.1 Å². The molecule has 1 aromatic rings. The maximum Gasteiger partial charge on any atom is 0.321 e. The predicted octanol–water partition coefficient (Wildman–Crippen LogP) is 1.67. The van der Waals surface area contributed by atoms with Gasteiger partial charge in [-0.05, 0) is 12.8 Å². The zero-order valence-electron chi connectivity index (χ0n) is 10.6. The van der Waals surface area contributed by atoms with Crippen molar-refractivity contribution in [2.45, 2.75) is 12.8 Å². The van der Waals surface area contributed by atoms with E-state index < -0.39 is 0 Å². The fourth-order valence-corrected chi connectivity index (χ4v) is 2.33. The summed E-state index contributed by atoms with van der Waals surface area (Å²) < 4.78 is 10.9. The summed E-state index contributed by atoms with van der Waals surface area (Å²) in [6.45, 7) is 2.63. The summed E-state index contributed by atoms with van der Waals surface area (Å²) in [4.78, 5) is 13.8. The summed E-state index contributed by atoms with van der Waals surface area (Å²) in [7, 11) is 0. The molecule has 0 spiro atoms. The number of hydrogen-bond acceptors (Lipinski definition) is 4. The van der Waals surface area contributed by atoms with Gasteiger partial charge in [0.2, 0.25) is 0 Å². The highest BCUT2D eigenvalue weighted by molar-refractivity contribution is 5.93. The molecule has 6 heteroatoms. The second-order valence-electron chi connectivity index (χ2n) is 4.71. The van der Waals surface area contributed by atoms with Gasteiger partial charge >= 0.3 is 6.03 Å². The summed E-state index contributed by atoms with van der Waals surface area (Å²) in [5.74, 6) is 1.25. The van der Waals surface area contributed by atoms with E-state index in [1.807, 2.05) is 0 Å². The van der Waals surface area contributed by atoms with Crippen molar-refractivity contribution >= 4 is 17.4 Å². The number of hydrogen-bond donors (Lipinski definition) is 2. The van der Waals surface area contributed by atoms with Crippen LogP contribution in [0.15, 0.2) is 12.1 Å². The summed E-state index contributed by atoms with van der Waals surface area (Å²) in [6.07, 6.45) is 2.12. The van der Waals surface area contributed by atoms with Gasteiger partial charge in [-0.3, -0.25) is 0 Å². The molecule has 2 aliphatic heterocycles. The van der Waals surface area contributed by atoms with Crippen LogP contribution in [-0.2, 0) is 0 Å². The SMILES string of the molecule is Nc1cc2c(cc1NC(=O)N1CCCC1)OCCO2. The molecular weight excluding hydrogens is 246 g/mol. The minimum absolute atomic E-state index is 0.110. The monoisotopic (exact) mass is 263 g/mol. The van der Waals surface area contributed by atoms with Crippen LogP contribution in [0.1, 0.15) is 12.8 Å². The first-order chi connectivity index (χ1) is 9.24. The molecule has 6 nitrogen and oxygen atoms in total. The Morgan fingerprint density at radius 1 is 1.16 bits per heavy atom. The largest absolute Gasteiger partial charge is 0.486 e. The number of nitrogens with two attached hydrogens (primary N) is 1. The molecule has 2 amide bonds. The fourth-order valence-electron chi connectivity index (χ4n) is 2.33. The van der Waals surface area contributed by atoms with E-state index in [9.17, 15) is 4.79 Å².